The zero-order valence-electron chi connectivity index (χ0n) is 8.79. The molecular weight excluding hydrogens is 174 g/mol. The zero-order valence-corrected chi connectivity index (χ0v) is 8.79. The van der Waals surface area contributed by atoms with Crippen molar-refractivity contribution in [3.63, 3.8) is 0 Å². The molecule has 14 heavy (non-hydrogen) atoms. The lowest BCUT2D eigenvalue weighted by atomic mass is 9.96. The molecule has 0 saturated heterocycles. The topological polar surface area (TPSA) is 43.1 Å². The van der Waals surface area contributed by atoms with Crippen molar-refractivity contribution in [2.24, 2.45) is 5.73 Å². The van der Waals surface area contributed by atoms with E-state index in [4.69, 9.17) is 5.73 Å². The van der Waals surface area contributed by atoms with E-state index in [0.717, 1.165) is 0 Å². The summed E-state index contributed by atoms with van der Waals surface area (Å²) in [4.78, 5) is 10.8. The van der Waals surface area contributed by atoms with E-state index in [1.54, 1.807) is 12.1 Å². The van der Waals surface area contributed by atoms with E-state index >= 15 is 0 Å². The van der Waals surface area contributed by atoms with Crippen molar-refractivity contribution < 1.29 is 4.79 Å². The summed E-state index contributed by atoms with van der Waals surface area (Å²) in [5, 5.41) is 0. The molecule has 1 amide bonds. The number of hydrogen-bond donors (Lipinski definition) is 1. The molecule has 0 aromatic heterocycles. The lowest BCUT2D eigenvalue weighted by Crippen LogP contribution is -2.10. The van der Waals surface area contributed by atoms with Crippen LogP contribution in [0.4, 0.5) is 0 Å². The van der Waals surface area contributed by atoms with Crippen LogP contribution in [-0.2, 0) is 0 Å². The summed E-state index contributed by atoms with van der Waals surface area (Å²) in [5.41, 5.74) is 7.02. The first-order valence-electron chi connectivity index (χ1n) is 5.05. The lowest BCUT2D eigenvalue weighted by molar-refractivity contribution is 0.100. The summed E-state index contributed by atoms with van der Waals surface area (Å²) < 4.78 is 0. The van der Waals surface area contributed by atoms with E-state index in [9.17, 15) is 4.79 Å². The molecule has 0 aliphatic rings. The maximum atomic E-state index is 10.8. The Morgan fingerprint density at radius 3 is 2.36 bits per heavy atom. The molecule has 0 spiro atoms. The Kier molecular flexibility index (Phi) is 3.69. The first kappa shape index (κ1) is 10.8. The molecule has 1 unspecified atom stereocenters. The number of primary amides is 1. The fraction of sp³-hybridized carbons (Fsp3) is 0.417. The molecule has 0 radical (unpaired) electrons. The molecule has 0 fully saturated rings. The van der Waals surface area contributed by atoms with E-state index in [-0.39, 0.29) is 5.91 Å². The number of amides is 1. The third-order valence-electron chi connectivity index (χ3n) is 2.49. The molecule has 2 N–H and O–H groups in total. The third kappa shape index (κ3) is 2.59. The van der Waals surface area contributed by atoms with E-state index < -0.39 is 0 Å². The Morgan fingerprint density at radius 2 is 1.93 bits per heavy atom. The van der Waals surface area contributed by atoms with Crippen LogP contribution in [0.15, 0.2) is 24.3 Å². The quantitative estimate of drug-likeness (QED) is 0.781. The van der Waals surface area contributed by atoms with Gasteiger partial charge in [0.1, 0.15) is 0 Å². The van der Waals surface area contributed by atoms with Gasteiger partial charge in [0.2, 0.25) is 5.91 Å². The van der Waals surface area contributed by atoms with Gasteiger partial charge in [-0.2, -0.15) is 0 Å². The highest BCUT2D eigenvalue weighted by Crippen LogP contribution is 2.20. The molecule has 76 valence electrons. The molecule has 0 aliphatic carbocycles. The van der Waals surface area contributed by atoms with Crippen LogP contribution in [0.1, 0.15) is 48.5 Å². The second-order valence-corrected chi connectivity index (χ2v) is 3.68. The Balaban J connectivity index is 2.77. The van der Waals surface area contributed by atoms with Gasteiger partial charge in [0, 0.05) is 5.56 Å². The zero-order chi connectivity index (χ0) is 10.6. The van der Waals surface area contributed by atoms with Crippen molar-refractivity contribution >= 4 is 5.91 Å². The fourth-order valence-electron chi connectivity index (χ4n) is 1.58. The largest absolute Gasteiger partial charge is 0.366 e. The van der Waals surface area contributed by atoms with Gasteiger partial charge in [0.25, 0.3) is 0 Å². The normalized spacial score (nSPS) is 12.4. The van der Waals surface area contributed by atoms with Gasteiger partial charge in [-0.05, 0) is 30.0 Å². The Labute approximate surface area is 85.1 Å². The Hall–Kier alpha value is -1.31. The maximum Gasteiger partial charge on any atom is 0.248 e. The number of rotatable bonds is 4. The molecule has 1 aromatic carbocycles. The molecule has 0 saturated carbocycles. The third-order valence-corrected chi connectivity index (χ3v) is 2.49. The van der Waals surface area contributed by atoms with E-state index in [0.29, 0.717) is 11.5 Å². The monoisotopic (exact) mass is 191 g/mol. The van der Waals surface area contributed by atoms with Crippen molar-refractivity contribution in [2.45, 2.75) is 32.6 Å². The number of benzene rings is 1. The lowest BCUT2D eigenvalue weighted by Gasteiger charge is -2.10. The van der Waals surface area contributed by atoms with Crippen LogP contribution in [0, 0.1) is 0 Å². The highest BCUT2D eigenvalue weighted by molar-refractivity contribution is 5.92. The minimum Gasteiger partial charge on any atom is -0.366 e. The molecule has 1 atom stereocenters. The molecule has 0 bridgehead atoms. The smallest absolute Gasteiger partial charge is 0.248 e. The van der Waals surface area contributed by atoms with Crippen LogP contribution < -0.4 is 5.73 Å². The highest BCUT2D eigenvalue weighted by Gasteiger charge is 2.05. The summed E-state index contributed by atoms with van der Waals surface area (Å²) in [7, 11) is 0. The van der Waals surface area contributed by atoms with Crippen molar-refractivity contribution in [1.29, 1.82) is 0 Å². The van der Waals surface area contributed by atoms with E-state index in [2.05, 4.69) is 13.8 Å². The van der Waals surface area contributed by atoms with Crippen LogP contribution in [0.3, 0.4) is 0 Å². The molecule has 2 heteroatoms. The molecular formula is C12H17NO. The van der Waals surface area contributed by atoms with Gasteiger partial charge in [-0.25, -0.2) is 0 Å². The van der Waals surface area contributed by atoms with Gasteiger partial charge in [-0.1, -0.05) is 32.4 Å². The van der Waals surface area contributed by atoms with Gasteiger partial charge < -0.3 is 5.73 Å². The average Bonchev–Trinajstić information content (AvgIpc) is 2.18. The summed E-state index contributed by atoms with van der Waals surface area (Å²) in [6.45, 7) is 4.37. The maximum absolute atomic E-state index is 10.8. The number of carbonyl (C=O) groups excluding carboxylic acids is 1. The summed E-state index contributed by atoms with van der Waals surface area (Å²) in [5.74, 6) is 0.196. The molecule has 0 aliphatic heterocycles. The molecule has 1 rings (SSSR count). The van der Waals surface area contributed by atoms with Crippen LogP contribution in [0.5, 0.6) is 0 Å². The van der Waals surface area contributed by atoms with Crippen molar-refractivity contribution in [2.75, 3.05) is 0 Å². The predicted molar refractivity (Wildman–Crippen MR) is 58.3 cm³/mol. The Morgan fingerprint density at radius 1 is 1.36 bits per heavy atom. The summed E-state index contributed by atoms with van der Waals surface area (Å²) >= 11 is 0. The minimum absolute atomic E-state index is 0.361. The Bertz CT molecular complexity index is 303. The summed E-state index contributed by atoms with van der Waals surface area (Å²) in [6, 6.07) is 7.56. The van der Waals surface area contributed by atoms with Gasteiger partial charge in [0.15, 0.2) is 0 Å². The fourth-order valence-corrected chi connectivity index (χ4v) is 1.58. The number of carbonyl (C=O) groups is 1. The predicted octanol–water partition coefficient (Wildman–Crippen LogP) is 2.69. The van der Waals surface area contributed by atoms with Gasteiger partial charge in [-0.15, -0.1) is 0 Å². The van der Waals surface area contributed by atoms with Gasteiger partial charge in [-0.3, -0.25) is 4.79 Å². The van der Waals surface area contributed by atoms with E-state index in [1.165, 1.54) is 18.4 Å². The summed E-state index contributed by atoms with van der Waals surface area (Å²) in [6.07, 6.45) is 2.36. The van der Waals surface area contributed by atoms with Crippen LogP contribution in [0.2, 0.25) is 0 Å². The van der Waals surface area contributed by atoms with Crippen LogP contribution >= 0.6 is 0 Å². The van der Waals surface area contributed by atoms with Crippen LogP contribution in [0.25, 0.3) is 0 Å². The standard InChI is InChI=1S/C12H17NO/c1-3-4-9(2)10-5-7-11(8-6-10)12(13)14/h5-9H,3-4H2,1-2H3,(H2,13,14). The minimum atomic E-state index is -0.361. The van der Waals surface area contributed by atoms with Crippen molar-refractivity contribution in [3.8, 4) is 0 Å². The highest BCUT2D eigenvalue weighted by atomic mass is 16.1. The van der Waals surface area contributed by atoms with Crippen molar-refractivity contribution in [3.05, 3.63) is 35.4 Å². The molecule has 0 heterocycles. The molecule has 2 nitrogen and oxygen atoms in total. The SMILES string of the molecule is CCCC(C)c1ccc(C(N)=O)cc1. The number of hydrogen-bond acceptors (Lipinski definition) is 1. The van der Waals surface area contributed by atoms with Gasteiger partial charge in [0.05, 0.1) is 0 Å². The first-order valence-corrected chi connectivity index (χ1v) is 5.05. The second kappa shape index (κ2) is 4.80. The van der Waals surface area contributed by atoms with Crippen LogP contribution in [-0.4, -0.2) is 5.91 Å². The van der Waals surface area contributed by atoms with Crippen molar-refractivity contribution in [1.82, 2.24) is 0 Å². The average molecular weight is 191 g/mol. The molecule has 1 aromatic rings. The van der Waals surface area contributed by atoms with Gasteiger partial charge >= 0.3 is 0 Å². The second-order valence-electron chi connectivity index (χ2n) is 3.68. The first-order chi connectivity index (χ1) is 6.65. The van der Waals surface area contributed by atoms with E-state index in [1.807, 2.05) is 12.1 Å². The number of nitrogens with two attached hydrogens (primary N) is 1.